The highest BCUT2D eigenvalue weighted by Gasteiger charge is 2.43. The topological polar surface area (TPSA) is 49.0 Å². The molecule has 1 aliphatic heterocycles. The summed E-state index contributed by atoms with van der Waals surface area (Å²) in [7, 11) is 0. The van der Waals surface area contributed by atoms with E-state index in [1.807, 2.05) is 43.3 Å². The van der Waals surface area contributed by atoms with Crippen LogP contribution in [0.25, 0.3) is 11.3 Å². The Morgan fingerprint density at radius 2 is 1.63 bits per heavy atom. The van der Waals surface area contributed by atoms with Gasteiger partial charge in [-0.25, -0.2) is 4.39 Å². The van der Waals surface area contributed by atoms with Crippen LogP contribution in [0.2, 0.25) is 5.02 Å². The van der Waals surface area contributed by atoms with Gasteiger partial charge in [0.15, 0.2) is 0 Å². The highest BCUT2D eigenvalue weighted by molar-refractivity contribution is 6.30. The fourth-order valence-electron chi connectivity index (χ4n) is 3.91. The highest BCUT2D eigenvalue weighted by Crippen LogP contribution is 2.45. The normalized spacial score (nSPS) is 15.5. The number of amides is 1. The molecule has 0 fully saturated rings. The second kappa shape index (κ2) is 7.11. The van der Waals surface area contributed by atoms with Crippen LogP contribution in [0, 0.1) is 12.7 Å². The maximum atomic E-state index is 13.5. The molecule has 1 amide bonds. The van der Waals surface area contributed by atoms with Crippen LogP contribution < -0.4 is 4.90 Å². The Morgan fingerprint density at radius 3 is 2.30 bits per heavy atom. The molecule has 0 saturated heterocycles. The van der Waals surface area contributed by atoms with Crippen molar-refractivity contribution in [1.82, 2.24) is 10.2 Å². The van der Waals surface area contributed by atoms with Crippen LogP contribution in [-0.2, 0) is 0 Å². The molecule has 6 heteroatoms. The number of benzene rings is 3. The van der Waals surface area contributed by atoms with Crippen LogP contribution in [0.15, 0.2) is 72.8 Å². The van der Waals surface area contributed by atoms with E-state index in [1.165, 1.54) is 12.1 Å². The molecule has 2 heterocycles. The Morgan fingerprint density at radius 1 is 0.967 bits per heavy atom. The summed E-state index contributed by atoms with van der Waals surface area (Å²) in [6.07, 6.45) is 0. The fraction of sp³-hybridized carbons (Fsp3) is 0.0833. The summed E-state index contributed by atoms with van der Waals surface area (Å²) in [5.74, 6) is -0.559. The number of fused-ring (bicyclic) bond motifs is 1. The van der Waals surface area contributed by atoms with Crippen LogP contribution in [0.5, 0.6) is 0 Å². The number of carbonyl (C=O) groups excluding carboxylic acids is 1. The first-order chi connectivity index (χ1) is 14.5. The lowest BCUT2D eigenvalue weighted by molar-refractivity contribution is 0.0988. The van der Waals surface area contributed by atoms with E-state index in [0.717, 1.165) is 27.9 Å². The molecular formula is C24H17ClFN3O. The zero-order chi connectivity index (χ0) is 20.8. The van der Waals surface area contributed by atoms with Gasteiger partial charge in [0.2, 0.25) is 0 Å². The summed E-state index contributed by atoms with van der Waals surface area (Å²) in [6.45, 7) is 2.02. The second-order valence-corrected chi connectivity index (χ2v) is 7.77. The molecule has 1 atom stereocenters. The van der Waals surface area contributed by atoms with E-state index < -0.39 is 6.04 Å². The van der Waals surface area contributed by atoms with E-state index in [0.29, 0.717) is 16.4 Å². The van der Waals surface area contributed by atoms with Crippen molar-refractivity contribution < 1.29 is 9.18 Å². The van der Waals surface area contributed by atoms with Crippen LogP contribution in [-0.4, -0.2) is 16.1 Å². The molecule has 0 saturated carbocycles. The molecule has 1 aromatic heterocycles. The van der Waals surface area contributed by atoms with Gasteiger partial charge in [-0.3, -0.25) is 14.8 Å². The van der Waals surface area contributed by atoms with Crippen molar-refractivity contribution in [3.05, 3.63) is 106 Å². The Kier molecular flexibility index (Phi) is 4.40. The maximum Gasteiger partial charge on any atom is 0.277 e. The molecule has 148 valence electrons. The number of nitrogens with one attached hydrogen (secondary N) is 1. The number of rotatable bonds is 3. The lowest BCUT2D eigenvalue weighted by Gasteiger charge is -2.26. The van der Waals surface area contributed by atoms with E-state index in [4.69, 9.17) is 11.6 Å². The number of carbonyl (C=O) groups is 1. The van der Waals surface area contributed by atoms with Crippen molar-refractivity contribution in [3.63, 3.8) is 0 Å². The number of hydrogen-bond acceptors (Lipinski definition) is 2. The summed E-state index contributed by atoms with van der Waals surface area (Å²) in [6, 6.07) is 20.9. The van der Waals surface area contributed by atoms with Crippen molar-refractivity contribution in [1.29, 1.82) is 0 Å². The number of nitrogens with zero attached hydrogens (tertiary/aromatic N) is 2. The number of hydrogen-bond donors (Lipinski definition) is 1. The van der Waals surface area contributed by atoms with Crippen molar-refractivity contribution in [2.45, 2.75) is 13.0 Å². The van der Waals surface area contributed by atoms with E-state index in [-0.39, 0.29) is 11.7 Å². The van der Waals surface area contributed by atoms with Crippen molar-refractivity contribution in [3.8, 4) is 11.3 Å². The van der Waals surface area contributed by atoms with E-state index in [2.05, 4.69) is 10.2 Å². The van der Waals surface area contributed by atoms with Crippen molar-refractivity contribution in [2.24, 2.45) is 0 Å². The largest absolute Gasteiger partial charge is 0.295 e. The maximum absolute atomic E-state index is 13.5. The van der Waals surface area contributed by atoms with Gasteiger partial charge in [0.05, 0.1) is 11.7 Å². The molecule has 30 heavy (non-hydrogen) atoms. The molecule has 0 spiro atoms. The van der Waals surface area contributed by atoms with E-state index >= 15 is 0 Å². The molecular weight excluding hydrogens is 401 g/mol. The fourth-order valence-corrected chi connectivity index (χ4v) is 4.03. The van der Waals surface area contributed by atoms with E-state index in [9.17, 15) is 9.18 Å². The molecule has 3 aromatic carbocycles. The highest BCUT2D eigenvalue weighted by atomic mass is 35.5. The van der Waals surface area contributed by atoms with Crippen molar-refractivity contribution >= 4 is 23.2 Å². The molecule has 4 nitrogen and oxygen atoms in total. The van der Waals surface area contributed by atoms with Gasteiger partial charge in [-0.2, -0.15) is 5.10 Å². The number of aromatic nitrogens is 2. The van der Waals surface area contributed by atoms with Crippen LogP contribution in [0.4, 0.5) is 10.1 Å². The van der Waals surface area contributed by atoms with Gasteiger partial charge in [0, 0.05) is 21.8 Å². The minimum atomic E-state index is -0.412. The molecule has 0 aliphatic carbocycles. The molecule has 0 bridgehead atoms. The molecule has 1 N–H and O–H groups in total. The summed E-state index contributed by atoms with van der Waals surface area (Å²) < 4.78 is 13.5. The monoisotopic (exact) mass is 417 g/mol. The van der Waals surface area contributed by atoms with Crippen LogP contribution in [0.3, 0.4) is 0 Å². The SMILES string of the molecule is Cc1ccc(-c2n[nH]c3c2[C@H](c2ccc(Cl)cc2)N(c2ccc(F)cc2)C3=O)cc1. The van der Waals surface area contributed by atoms with Gasteiger partial charge in [-0.05, 0) is 48.9 Å². The Hall–Kier alpha value is -3.44. The lowest BCUT2D eigenvalue weighted by atomic mass is 9.95. The third kappa shape index (κ3) is 2.99. The second-order valence-electron chi connectivity index (χ2n) is 7.33. The first-order valence-electron chi connectivity index (χ1n) is 9.53. The summed E-state index contributed by atoms with van der Waals surface area (Å²) in [5.41, 5.74) is 5.54. The average molecular weight is 418 g/mol. The Balaban J connectivity index is 1.71. The van der Waals surface area contributed by atoms with Crippen LogP contribution in [0.1, 0.15) is 33.2 Å². The van der Waals surface area contributed by atoms with Gasteiger partial charge in [-0.1, -0.05) is 53.6 Å². The number of aromatic amines is 1. The first-order valence-corrected chi connectivity index (χ1v) is 9.90. The third-order valence-electron chi connectivity index (χ3n) is 5.38. The first kappa shape index (κ1) is 18.6. The zero-order valence-corrected chi connectivity index (χ0v) is 16.8. The predicted molar refractivity (Wildman–Crippen MR) is 115 cm³/mol. The number of halogens is 2. The summed E-state index contributed by atoms with van der Waals surface area (Å²) >= 11 is 6.10. The quantitative estimate of drug-likeness (QED) is 0.449. The molecule has 5 rings (SSSR count). The summed E-state index contributed by atoms with van der Waals surface area (Å²) in [5, 5.41) is 8.01. The third-order valence-corrected chi connectivity index (χ3v) is 5.64. The number of aryl methyl sites for hydroxylation is 1. The predicted octanol–water partition coefficient (Wildman–Crippen LogP) is 5.93. The zero-order valence-electron chi connectivity index (χ0n) is 16.1. The average Bonchev–Trinajstić information content (AvgIpc) is 3.29. The van der Waals surface area contributed by atoms with Gasteiger partial charge >= 0.3 is 0 Å². The summed E-state index contributed by atoms with van der Waals surface area (Å²) in [4.78, 5) is 15.0. The van der Waals surface area contributed by atoms with Crippen LogP contribution >= 0.6 is 11.6 Å². The molecule has 4 aromatic rings. The van der Waals surface area contributed by atoms with Gasteiger partial charge < -0.3 is 0 Å². The standard InChI is InChI=1S/C24H17ClFN3O/c1-14-2-4-15(5-3-14)21-20-22(28-27-21)24(30)29(19-12-10-18(26)11-13-19)23(20)16-6-8-17(25)9-7-16/h2-13,23H,1H3,(H,27,28)/t23-/m0/s1. The molecule has 0 unspecified atom stereocenters. The van der Waals surface area contributed by atoms with Gasteiger partial charge in [0.25, 0.3) is 5.91 Å². The van der Waals surface area contributed by atoms with Gasteiger partial charge in [0.1, 0.15) is 11.5 Å². The Bertz CT molecular complexity index is 1230. The number of anilines is 1. The molecule has 0 radical (unpaired) electrons. The number of H-pyrrole nitrogens is 1. The molecule has 1 aliphatic rings. The minimum Gasteiger partial charge on any atom is -0.295 e. The lowest BCUT2D eigenvalue weighted by Crippen LogP contribution is -2.29. The van der Waals surface area contributed by atoms with Gasteiger partial charge in [-0.15, -0.1) is 0 Å². The smallest absolute Gasteiger partial charge is 0.277 e. The van der Waals surface area contributed by atoms with Crippen molar-refractivity contribution in [2.75, 3.05) is 4.90 Å². The van der Waals surface area contributed by atoms with E-state index in [1.54, 1.807) is 29.2 Å². The Labute approximate surface area is 177 Å². The minimum absolute atomic E-state index is 0.206.